The molecule has 1 heterocycles. The summed E-state index contributed by atoms with van der Waals surface area (Å²) >= 11 is 0. The summed E-state index contributed by atoms with van der Waals surface area (Å²) in [5.74, 6) is 1.24. The lowest BCUT2D eigenvalue weighted by Gasteiger charge is -2.20. The first-order valence-corrected chi connectivity index (χ1v) is 8.91. The van der Waals surface area contributed by atoms with Crippen LogP contribution in [0.4, 0.5) is 0 Å². The Bertz CT molecular complexity index is 543. The molecule has 118 valence electrons. The van der Waals surface area contributed by atoms with Gasteiger partial charge in [-0.1, -0.05) is 6.92 Å². The molecule has 2 rings (SSSR count). The van der Waals surface area contributed by atoms with E-state index in [1.807, 2.05) is 0 Å². The summed E-state index contributed by atoms with van der Waals surface area (Å²) in [6, 6.07) is 6.58. The molecule has 1 aromatic rings. The van der Waals surface area contributed by atoms with Crippen LogP contribution in [0.15, 0.2) is 29.2 Å². The fraction of sp³-hybridized carbons (Fsp3) is 0.600. The van der Waals surface area contributed by atoms with E-state index in [-0.39, 0.29) is 0 Å². The number of benzene rings is 1. The summed E-state index contributed by atoms with van der Waals surface area (Å²) in [7, 11) is -3.39. The van der Waals surface area contributed by atoms with Gasteiger partial charge in [-0.25, -0.2) is 8.42 Å². The van der Waals surface area contributed by atoms with Crippen LogP contribution in [0.5, 0.6) is 5.75 Å². The standard InChI is InChI=1S/C15H24N2O3S/c1-13-3-2-10-17(11-8-13)21(18,19)15-6-4-14(5-7-15)20-12-9-16/h4-7,13H,2-3,8-12,16H2,1H3. The molecule has 5 nitrogen and oxygen atoms in total. The Balaban J connectivity index is 2.11. The monoisotopic (exact) mass is 312 g/mol. The number of sulfonamides is 1. The second-order valence-corrected chi connectivity index (χ2v) is 7.49. The highest BCUT2D eigenvalue weighted by Gasteiger charge is 2.26. The Morgan fingerprint density at radius 3 is 2.62 bits per heavy atom. The van der Waals surface area contributed by atoms with Crippen LogP contribution in [-0.2, 0) is 10.0 Å². The summed E-state index contributed by atoms with van der Waals surface area (Å²) in [5, 5.41) is 0. The highest BCUT2D eigenvalue weighted by molar-refractivity contribution is 7.89. The van der Waals surface area contributed by atoms with Gasteiger partial charge in [0.25, 0.3) is 0 Å². The fourth-order valence-corrected chi connectivity index (χ4v) is 4.00. The van der Waals surface area contributed by atoms with Crippen molar-refractivity contribution in [2.75, 3.05) is 26.2 Å². The Labute approximate surface area is 127 Å². The zero-order chi connectivity index (χ0) is 15.3. The SMILES string of the molecule is CC1CCCN(S(=O)(=O)c2ccc(OCCN)cc2)CC1. The third-order valence-corrected chi connectivity index (χ3v) is 5.74. The molecule has 1 fully saturated rings. The first kappa shape index (κ1) is 16.3. The first-order valence-electron chi connectivity index (χ1n) is 7.47. The third kappa shape index (κ3) is 4.18. The molecule has 1 saturated heterocycles. The average molecular weight is 312 g/mol. The quantitative estimate of drug-likeness (QED) is 0.900. The van der Waals surface area contributed by atoms with Crippen molar-refractivity contribution < 1.29 is 13.2 Å². The molecule has 0 bridgehead atoms. The molecule has 1 atom stereocenters. The van der Waals surface area contributed by atoms with Crippen LogP contribution in [0.2, 0.25) is 0 Å². The van der Waals surface area contributed by atoms with Gasteiger partial charge in [0.05, 0.1) is 4.90 Å². The van der Waals surface area contributed by atoms with Crippen molar-refractivity contribution in [2.24, 2.45) is 11.7 Å². The number of hydrogen-bond acceptors (Lipinski definition) is 4. The van der Waals surface area contributed by atoms with E-state index >= 15 is 0 Å². The molecule has 0 radical (unpaired) electrons. The van der Waals surface area contributed by atoms with Crippen molar-refractivity contribution in [1.82, 2.24) is 4.31 Å². The van der Waals surface area contributed by atoms with E-state index in [0.29, 0.717) is 42.8 Å². The van der Waals surface area contributed by atoms with Gasteiger partial charge in [0.1, 0.15) is 12.4 Å². The van der Waals surface area contributed by atoms with Crippen LogP contribution in [0.3, 0.4) is 0 Å². The largest absolute Gasteiger partial charge is 0.492 e. The Morgan fingerprint density at radius 1 is 1.24 bits per heavy atom. The second kappa shape index (κ2) is 7.24. The van der Waals surface area contributed by atoms with Crippen LogP contribution >= 0.6 is 0 Å². The molecule has 6 heteroatoms. The molecule has 0 aliphatic carbocycles. The molecule has 21 heavy (non-hydrogen) atoms. The maximum Gasteiger partial charge on any atom is 0.243 e. The third-order valence-electron chi connectivity index (χ3n) is 3.82. The van der Waals surface area contributed by atoms with Crippen molar-refractivity contribution in [3.63, 3.8) is 0 Å². The number of nitrogens with two attached hydrogens (primary N) is 1. The molecule has 1 aliphatic heterocycles. The molecule has 0 aromatic heterocycles. The van der Waals surface area contributed by atoms with Gasteiger partial charge < -0.3 is 10.5 Å². The summed E-state index contributed by atoms with van der Waals surface area (Å²) in [5.41, 5.74) is 5.37. The molecule has 2 N–H and O–H groups in total. The molecule has 1 aromatic carbocycles. The lowest BCUT2D eigenvalue weighted by atomic mass is 10.0. The second-order valence-electron chi connectivity index (χ2n) is 5.55. The van der Waals surface area contributed by atoms with Gasteiger partial charge >= 0.3 is 0 Å². The molecule has 0 amide bonds. The summed E-state index contributed by atoms with van der Waals surface area (Å²) in [6.07, 6.45) is 2.95. The van der Waals surface area contributed by atoms with E-state index < -0.39 is 10.0 Å². The van der Waals surface area contributed by atoms with Gasteiger partial charge in [0.2, 0.25) is 10.0 Å². The van der Waals surface area contributed by atoms with E-state index in [4.69, 9.17) is 10.5 Å². The van der Waals surface area contributed by atoms with Crippen molar-refractivity contribution in [3.8, 4) is 5.75 Å². The minimum absolute atomic E-state index is 0.331. The topological polar surface area (TPSA) is 72.6 Å². The maximum absolute atomic E-state index is 12.6. The molecule has 1 aliphatic rings. The first-order chi connectivity index (χ1) is 10.0. The smallest absolute Gasteiger partial charge is 0.243 e. The summed E-state index contributed by atoms with van der Waals surface area (Å²) in [4.78, 5) is 0.331. The highest BCUT2D eigenvalue weighted by atomic mass is 32.2. The van der Waals surface area contributed by atoms with Gasteiger partial charge in [0.15, 0.2) is 0 Å². The van der Waals surface area contributed by atoms with Crippen molar-refractivity contribution in [1.29, 1.82) is 0 Å². The lowest BCUT2D eigenvalue weighted by molar-refractivity contribution is 0.328. The highest BCUT2D eigenvalue weighted by Crippen LogP contribution is 2.24. The molecular formula is C15H24N2O3S. The Kier molecular flexibility index (Phi) is 5.61. The number of rotatable bonds is 5. The molecular weight excluding hydrogens is 288 g/mol. The van der Waals surface area contributed by atoms with Crippen LogP contribution in [0.25, 0.3) is 0 Å². The summed E-state index contributed by atoms with van der Waals surface area (Å²) < 4.78 is 32.2. The van der Waals surface area contributed by atoms with E-state index in [9.17, 15) is 8.42 Å². The van der Waals surface area contributed by atoms with Crippen LogP contribution in [0, 0.1) is 5.92 Å². The van der Waals surface area contributed by atoms with Crippen LogP contribution in [0.1, 0.15) is 26.2 Å². The number of hydrogen-bond donors (Lipinski definition) is 1. The Morgan fingerprint density at radius 2 is 1.95 bits per heavy atom. The van der Waals surface area contributed by atoms with Crippen molar-refractivity contribution >= 4 is 10.0 Å². The zero-order valence-electron chi connectivity index (χ0n) is 12.5. The summed E-state index contributed by atoms with van der Waals surface area (Å²) in [6.45, 7) is 4.26. The normalized spacial score (nSPS) is 21.0. The number of nitrogens with zero attached hydrogens (tertiary/aromatic N) is 1. The molecule has 1 unspecified atom stereocenters. The van der Waals surface area contributed by atoms with E-state index in [2.05, 4.69) is 6.92 Å². The van der Waals surface area contributed by atoms with Crippen LogP contribution in [-0.4, -0.2) is 39.0 Å². The fourth-order valence-electron chi connectivity index (χ4n) is 2.51. The average Bonchev–Trinajstić information content (AvgIpc) is 2.70. The number of ether oxygens (including phenoxy) is 1. The molecule has 0 spiro atoms. The van der Waals surface area contributed by atoms with Gasteiger partial charge in [0, 0.05) is 19.6 Å². The maximum atomic E-state index is 12.6. The van der Waals surface area contributed by atoms with Crippen LogP contribution < -0.4 is 10.5 Å². The van der Waals surface area contributed by atoms with E-state index in [0.717, 1.165) is 19.3 Å². The van der Waals surface area contributed by atoms with Crippen molar-refractivity contribution in [3.05, 3.63) is 24.3 Å². The molecule has 0 saturated carbocycles. The van der Waals surface area contributed by atoms with E-state index in [1.165, 1.54) is 0 Å². The Hall–Kier alpha value is -1.11. The zero-order valence-corrected chi connectivity index (χ0v) is 13.3. The lowest BCUT2D eigenvalue weighted by Crippen LogP contribution is -2.32. The predicted molar refractivity (Wildman–Crippen MR) is 82.8 cm³/mol. The predicted octanol–water partition coefficient (Wildman–Crippen LogP) is 1.83. The van der Waals surface area contributed by atoms with Gasteiger partial charge in [-0.05, 0) is 49.4 Å². The van der Waals surface area contributed by atoms with Gasteiger partial charge in [-0.2, -0.15) is 4.31 Å². The van der Waals surface area contributed by atoms with Crippen molar-refractivity contribution in [2.45, 2.75) is 31.1 Å². The minimum atomic E-state index is -3.39. The van der Waals surface area contributed by atoms with Gasteiger partial charge in [-0.3, -0.25) is 0 Å². The van der Waals surface area contributed by atoms with E-state index in [1.54, 1.807) is 28.6 Å². The minimum Gasteiger partial charge on any atom is -0.492 e. The van der Waals surface area contributed by atoms with Gasteiger partial charge in [-0.15, -0.1) is 0 Å².